The number of aryl methyl sites for hydroxylation is 1. The van der Waals surface area contributed by atoms with Crippen LogP contribution in [0.25, 0.3) is 0 Å². The summed E-state index contributed by atoms with van der Waals surface area (Å²) >= 11 is 0. The van der Waals surface area contributed by atoms with E-state index >= 15 is 0 Å². The molecule has 0 aromatic heterocycles. The topological polar surface area (TPSA) is 72.2 Å². The molecule has 21 heavy (non-hydrogen) atoms. The smallest absolute Gasteiger partial charge is 0.240 e. The summed E-state index contributed by atoms with van der Waals surface area (Å²) in [4.78, 5) is 0.231. The van der Waals surface area contributed by atoms with Gasteiger partial charge in [-0.2, -0.15) is 0 Å². The number of nitrogens with one attached hydrogen (secondary N) is 1. The minimum Gasteiger partial charge on any atom is -0.398 e. The summed E-state index contributed by atoms with van der Waals surface area (Å²) in [7, 11) is -3.49. The Kier molecular flexibility index (Phi) is 6.23. The van der Waals surface area contributed by atoms with E-state index in [1.54, 1.807) is 12.1 Å². The normalized spacial score (nSPS) is 12.6. The molecule has 5 heteroatoms. The first-order valence-electron chi connectivity index (χ1n) is 7.54. The number of rotatable bonds is 8. The van der Waals surface area contributed by atoms with Crippen LogP contribution in [0.1, 0.15) is 52.0 Å². The van der Waals surface area contributed by atoms with Crippen LogP contribution >= 0.6 is 0 Å². The van der Waals surface area contributed by atoms with E-state index in [0.717, 1.165) is 18.4 Å². The van der Waals surface area contributed by atoms with Crippen LogP contribution in [0.5, 0.6) is 0 Å². The molecule has 0 atom stereocenters. The summed E-state index contributed by atoms with van der Waals surface area (Å²) in [5.74, 6) is 0. The summed E-state index contributed by atoms with van der Waals surface area (Å²) in [6, 6.07) is 4.84. The molecule has 0 heterocycles. The zero-order chi connectivity index (χ0) is 16.1. The highest BCUT2D eigenvalue weighted by atomic mass is 32.2. The number of hydrogen-bond acceptors (Lipinski definition) is 3. The molecule has 0 fully saturated rings. The first-order chi connectivity index (χ1) is 9.68. The minimum absolute atomic E-state index is 0.0432. The van der Waals surface area contributed by atoms with Crippen molar-refractivity contribution in [2.24, 2.45) is 5.41 Å². The molecule has 4 nitrogen and oxygen atoms in total. The molecular formula is C16H28N2O2S. The molecule has 1 aromatic rings. The number of nitrogens with two attached hydrogens (primary N) is 1. The molecule has 0 saturated carbocycles. The minimum atomic E-state index is -3.49. The van der Waals surface area contributed by atoms with Crippen molar-refractivity contribution in [3.8, 4) is 0 Å². The molecule has 0 aliphatic carbocycles. The average molecular weight is 312 g/mol. The van der Waals surface area contributed by atoms with Gasteiger partial charge in [0.25, 0.3) is 0 Å². The van der Waals surface area contributed by atoms with E-state index in [9.17, 15) is 8.42 Å². The number of hydrogen-bond donors (Lipinski definition) is 2. The van der Waals surface area contributed by atoms with Crippen LogP contribution in [0.15, 0.2) is 23.1 Å². The maximum absolute atomic E-state index is 12.3. The Morgan fingerprint density at radius 3 is 2.48 bits per heavy atom. The maximum Gasteiger partial charge on any atom is 0.240 e. The number of anilines is 1. The molecule has 0 saturated heterocycles. The van der Waals surface area contributed by atoms with Crippen molar-refractivity contribution >= 4 is 15.7 Å². The second-order valence-corrected chi connectivity index (χ2v) is 8.23. The van der Waals surface area contributed by atoms with Crippen molar-refractivity contribution in [2.45, 2.75) is 58.3 Å². The SMILES string of the molecule is CCCCCC(C)(C)CNS(=O)(=O)c1ccc(C)c(N)c1. The lowest BCUT2D eigenvalue weighted by Gasteiger charge is -2.25. The monoisotopic (exact) mass is 312 g/mol. The van der Waals surface area contributed by atoms with E-state index in [1.165, 1.54) is 18.9 Å². The fraction of sp³-hybridized carbons (Fsp3) is 0.625. The molecule has 0 unspecified atom stereocenters. The highest BCUT2D eigenvalue weighted by molar-refractivity contribution is 7.89. The highest BCUT2D eigenvalue weighted by Crippen LogP contribution is 2.24. The number of benzene rings is 1. The summed E-state index contributed by atoms with van der Waals surface area (Å²) in [6.45, 7) is 8.64. The first-order valence-corrected chi connectivity index (χ1v) is 9.02. The first kappa shape index (κ1) is 18.0. The van der Waals surface area contributed by atoms with Crippen molar-refractivity contribution in [3.63, 3.8) is 0 Å². The quantitative estimate of drug-likeness (QED) is 0.570. The summed E-state index contributed by atoms with van der Waals surface area (Å²) in [5, 5.41) is 0. The van der Waals surface area contributed by atoms with Crippen molar-refractivity contribution in [1.29, 1.82) is 0 Å². The largest absolute Gasteiger partial charge is 0.398 e. The van der Waals surface area contributed by atoms with Crippen LogP contribution in [0, 0.1) is 12.3 Å². The molecule has 1 rings (SSSR count). The van der Waals surface area contributed by atoms with Crippen LogP contribution < -0.4 is 10.5 Å². The van der Waals surface area contributed by atoms with Crippen LogP contribution in [0.4, 0.5) is 5.69 Å². The van der Waals surface area contributed by atoms with E-state index < -0.39 is 10.0 Å². The Hall–Kier alpha value is -1.07. The lowest BCUT2D eigenvalue weighted by Crippen LogP contribution is -2.34. The molecule has 0 radical (unpaired) electrons. The van der Waals surface area contributed by atoms with Crippen LogP contribution in [0.2, 0.25) is 0 Å². The Morgan fingerprint density at radius 1 is 1.24 bits per heavy atom. The fourth-order valence-corrected chi connectivity index (χ4v) is 3.38. The second-order valence-electron chi connectivity index (χ2n) is 6.46. The van der Waals surface area contributed by atoms with Gasteiger partial charge in [0.15, 0.2) is 0 Å². The van der Waals surface area contributed by atoms with Gasteiger partial charge in [-0.15, -0.1) is 0 Å². The molecule has 0 spiro atoms. The second kappa shape index (κ2) is 7.27. The van der Waals surface area contributed by atoms with Gasteiger partial charge in [0.1, 0.15) is 0 Å². The van der Waals surface area contributed by atoms with Crippen LogP contribution in [-0.2, 0) is 10.0 Å². The van der Waals surface area contributed by atoms with E-state index in [-0.39, 0.29) is 10.3 Å². The highest BCUT2D eigenvalue weighted by Gasteiger charge is 2.22. The average Bonchev–Trinajstić information content (AvgIpc) is 2.40. The van der Waals surface area contributed by atoms with Gasteiger partial charge >= 0.3 is 0 Å². The molecule has 0 bridgehead atoms. The van der Waals surface area contributed by atoms with Gasteiger partial charge in [0.05, 0.1) is 4.90 Å². The standard InChI is InChI=1S/C16H28N2O2S/c1-5-6-7-10-16(3,4)12-18-21(19,20)14-9-8-13(2)15(17)11-14/h8-9,11,18H,5-7,10,12,17H2,1-4H3. The van der Waals surface area contributed by atoms with Crippen LogP contribution in [-0.4, -0.2) is 15.0 Å². The molecule has 3 N–H and O–H groups in total. The Labute approximate surface area is 129 Å². The van der Waals surface area contributed by atoms with Crippen molar-refractivity contribution in [3.05, 3.63) is 23.8 Å². The predicted octanol–water partition coefficient (Wildman–Crippen LogP) is 3.46. The van der Waals surface area contributed by atoms with Gasteiger partial charge in [0, 0.05) is 12.2 Å². The lowest BCUT2D eigenvalue weighted by molar-refractivity contribution is 0.320. The van der Waals surface area contributed by atoms with E-state index in [2.05, 4.69) is 25.5 Å². The third-order valence-electron chi connectivity index (χ3n) is 3.76. The van der Waals surface area contributed by atoms with Crippen LogP contribution in [0.3, 0.4) is 0 Å². The molecule has 120 valence electrons. The third-order valence-corrected chi connectivity index (χ3v) is 5.16. The number of sulfonamides is 1. The predicted molar refractivity (Wildman–Crippen MR) is 88.7 cm³/mol. The Morgan fingerprint density at radius 2 is 1.90 bits per heavy atom. The Balaban J connectivity index is 2.70. The summed E-state index contributed by atoms with van der Waals surface area (Å²) < 4.78 is 27.3. The maximum atomic E-state index is 12.3. The van der Waals surface area contributed by atoms with Gasteiger partial charge in [0.2, 0.25) is 10.0 Å². The third kappa shape index (κ3) is 5.67. The van der Waals surface area contributed by atoms with Crippen molar-refractivity contribution < 1.29 is 8.42 Å². The Bertz CT molecular complexity index is 566. The number of unbranched alkanes of at least 4 members (excludes halogenated alkanes) is 2. The van der Waals surface area contributed by atoms with Crippen molar-refractivity contribution in [2.75, 3.05) is 12.3 Å². The van der Waals surface area contributed by atoms with Gasteiger partial charge < -0.3 is 5.73 Å². The van der Waals surface area contributed by atoms with E-state index in [0.29, 0.717) is 12.2 Å². The van der Waals surface area contributed by atoms with Gasteiger partial charge in [-0.1, -0.05) is 46.1 Å². The fourth-order valence-electron chi connectivity index (χ4n) is 2.10. The molecule has 0 aliphatic heterocycles. The molecule has 0 amide bonds. The zero-order valence-electron chi connectivity index (χ0n) is 13.6. The summed E-state index contributed by atoms with van der Waals surface area (Å²) in [5.41, 5.74) is 7.13. The van der Waals surface area contributed by atoms with Gasteiger partial charge in [-0.3, -0.25) is 0 Å². The molecule has 0 aliphatic rings. The van der Waals surface area contributed by atoms with Gasteiger partial charge in [-0.25, -0.2) is 13.1 Å². The number of nitrogen functional groups attached to an aromatic ring is 1. The molecular weight excluding hydrogens is 284 g/mol. The lowest BCUT2D eigenvalue weighted by atomic mass is 9.87. The summed E-state index contributed by atoms with van der Waals surface area (Å²) in [6.07, 6.45) is 4.50. The van der Waals surface area contributed by atoms with Crippen molar-refractivity contribution in [1.82, 2.24) is 4.72 Å². The van der Waals surface area contributed by atoms with Gasteiger partial charge in [-0.05, 0) is 36.5 Å². The zero-order valence-corrected chi connectivity index (χ0v) is 14.4. The van der Waals surface area contributed by atoms with E-state index in [1.807, 2.05) is 6.92 Å². The molecule has 1 aromatic carbocycles. The van der Waals surface area contributed by atoms with E-state index in [4.69, 9.17) is 5.73 Å².